The number of carbonyl (C=O) groups is 1. The number of thiocarbonyl (C=S) groups is 1. The van der Waals surface area contributed by atoms with Gasteiger partial charge in [0.1, 0.15) is 4.99 Å². The topological polar surface area (TPSA) is 46.3 Å². The molecule has 2 N–H and O–H groups in total. The first-order valence-corrected chi connectivity index (χ1v) is 7.60. The Balaban J connectivity index is 3.01. The lowest BCUT2D eigenvalue weighted by molar-refractivity contribution is -0.122. The van der Waals surface area contributed by atoms with Crippen LogP contribution >= 0.6 is 12.2 Å². The number of hydrogen-bond acceptors (Lipinski definition) is 2. The molecule has 0 saturated heterocycles. The molecular formula is C16H24N2OS. The van der Waals surface area contributed by atoms with Gasteiger partial charge in [-0.2, -0.15) is 0 Å². The molecule has 1 amide bonds. The molecule has 0 atom stereocenters. The second kappa shape index (κ2) is 8.00. The van der Waals surface area contributed by atoms with Crippen molar-refractivity contribution in [3.8, 4) is 0 Å². The number of anilines is 1. The summed E-state index contributed by atoms with van der Waals surface area (Å²) in [6, 6.07) is 7.53. The van der Waals surface area contributed by atoms with E-state index in [-0.39, 0.29) is 11.8 Å². The number of nitrogens with zero attached hydrogens (tertiary/aromatic N) is 1. The van der Waals surface area contributed by atoms with Crippen molar-refractivity contribution in [2.75, 3.05) is 11.9 Å². The molecule has 20 heavy (non-hydrogen) atoms. The summed E-state index contributed by atoms with van der Waals surface area (Å²) in [6.45, 7) is 4.22. The van der Waals surface area contributed by atoms with Crippen LogP contribution in [0.3, 0.4) is 0 Å². The lowest BCUT2D eigenvalue weighted by Gasteiger charge is -2.25. The minimum absolute atomic E-state index is 0.0782. The molecule has 0 radical (unpaired) electrons. The molecule has 110 valence electrons. The van der Waals surface area contributed by atoms with Crippen LogP contribution in [0.15, 0.2) is 24.3 Å². The maximum absolute atomic E-state index is 12.6. The van der Waals surface area contributed by atoms with Crippen molar-refractivity contribution in [3.63, 3.8) is 0 Å². The van der Waals surface area contributed by atoms with Gasteiger partial charge in [-0.3, -0.25) is 4.79 Å². The number of nitrogens with two attached hydrogens (primary N) is 1. The van der Waals surface area contributed by atoms with Crippen LogP contribution in [0.2, 0.25) is 0 Å². The Bertz CT molecular complexity index is 467. The van der Waals surface area contributed by atoms with Crippen LogP contribution < -0.4 is 10.6 Å². The summed E-state index contributed by atoms with van der Waals surface area (Å²) in [5, 5.41) is 0. The number of amides is 1. The van der Waals surface area contributed by atoms with Crippen molar-refractivity contribution in [3.05, 3.63) is 29.8 Å². The molecule has 1 aromatic rings. The van der Waals surface area contributed by atoms with E-state index >= 15 is 0 Å². The number of rotatable bonds is 7. The fourth-order valence-electron chi connectivity index (χ4n) is 2.46. The molecule has 0 unspecified atom stereocenters. The van der Waals surface area contributed by atoms with Crippen LogP contribution in [-0.4, -0.2) is 17.9 Å². The van der Waals surface area contributed by atoms with Gasteiger partial charge in [0.2, 0.25) is 5.91 Å². The molecule has 0 heterocycles. The molecule has 3 nitrogen and oxygen atoms in total. The Morgan fingerprint density at radius 2 is 1.80 bits per heavy atom. The summed E-state index contributed by atoms with van der Waals surface area (Å²) in [4.78, 5) is 14.7. The zero-order valence-corrected chi connectivity index (χ0v) is 13.4. The Hall–Kier alpha value is -1.42. The van der Waals surface area contributed by atoms with Gasteiger partial charge in [0.25, 0.3) is 0 Å². The van der Waals surface area contributed by atoms with Gasteiger partial charge in [0.05, 0.1) is 5.69 Å². The second-order valence-corrected chi connectivity index (χ2v) is 5.49. The second-order valence-electron chi connectivity index (χ2n) is 5.05. The molecule has 0 spiro atoms. The van der Waals surface area contributed by atoms with Crippen molar-refractivity contribution in [2.24, 2.45) is 11.7 Å². The van der Waals surface area contributed by atoms with E-state index in [4.69, 9.17) is 18.0 Å². The third-order valence-electron chi connectivity index (χ3n) is 3.48. The first kappa shape index (κ1) is 16.6. The van der Waals surface area contributed by atoms with Crippen molar-refractivity contribution in [1.82, 2.24) is 0 Å². The third-order valence-corrected chi connectivity index (χ3v) is 3.70. The predicted molar refractivity (Wildman–Crippen MR) is 89.0 cm³/mol. The van der Waals surface area contributed by atoms with E-state index in [0.717, 1.165) is 36.9 Å². The van der Waals surface area contributed by atoms with E-state index < -0.39 is 0 Å². The van der Waals surface area contributed by atoms with Gasteiger partial charge < -0.3 is 10.6 Å². The quantitative estimate of drug-likeness (QED) is 0.782. The maximum Gasteiger partial charge on any atom is 0.229 e. The third kappa shape index (κ3) is 4.04. The summed E-state index contributed by atoms with van der Waals surface area (Å²) >= 11 is 5.06. The summed E-state index contributed by atoms with van der Waals surface area (Å²) < 4.78 is 0. The van der Waals surface area contributed by atoms with Crippen LogP contribution in [-0.2, 0) is 4.79 Å². The van der Waals surface area contributed by atoms with E-state index in [1.807, 2.05) is 24.3 Å². The lowest BCUT2D eigenvalue weighted by atomic mass is 9.96. The molecule has 0 aliphatic rings. The highest BCUT2D eigenvalue weighted by Gasteiger charge is 2.23. The van der Waals surface area contributed by atoms with Crippen LogP contribution in [0.1, 0.15) is 45.1 Å². The Morgan fingerprint density at radius 3 is 2.30 bits per heavy atom. The molecule has 0 aliphatic carbocycles. The van der Waals surface area contributed by atoms with Crippen LogP contribution in [0, 0.1) is 5.92 Å². The van der Waals surface area contributed by atoms with E-state index in [0.29, 0.717) is 4.99 Å². The van der Waals surface area contributed by atoms with Gasteiger partial charge >= 0.3 is 0 Å². The number of para-hydroxylation sites is 1. The Morgan fingerprint density at radius 1 is 1.25 bits per heavy atom. The van der Waals surface area contributed by atoms with Crippen LogP contribution in [0.5, 0.6) is 0 Å². The molecule has 1 aromatic carbocycles. The zero-order valence-electron chi connectivity index (χ0n) is 12.6. The Labute approximate surface area is 127 Å². The van der Waals surface area contributed by atoms with Crippen molar-refractivity contribution in [2.45, 2.75) is 39.5 Å². The molecular weight excluding hydrogens is 268 g/mol. The SMILES string of the molecule is CCCC(CCC)C(=O)N(C)c1ccccc1C(N)=S. The standard InChI is InChI=1S/C16H24N2OS/c1-4-8-12(9-5-2)16(19)18(3)14-11-7-6-10-13(14)15(17)20/h6-7,10-12H,4-5,8-9H2,1-3H3,(H2,17,20). The van der Waals surface area contributed by atoms with Gasteiger partial charge in [-0.1, -0.05) is 51.0 Å². The first-order valence-electron chi connectivity index (χ1n) is 7.19. The van der Waals surface area contributed by atoms with Crippen LogP contribution in [0.25, 0.3) is 0 Å². The fraction of sp³-hybridized carbons (Fsp3) is 0.500. The number of hydrogen-bond donors (Lipinski definition) is 1. The molecule has 0 fully saturated rings. The predicted octanol–water partition coefficient (Wildman–Crippen LogP) is 3.50. The molecule has 0 saturated carbocycles. The van der Waals surface area contributed by atoms with Gasteiger partial charge in [-0.25, -0.2) is 0 Å². The fourth-order valence-corrected chi connectivity index (χ4v) is 2.63. The largest absolute Gasteiger partial charge is 0.389 e. The van der Waals surface area contributed by atoms with E-state index in [9.17, 15) is 4.79 Å². The van der Waals surface area contributed by atoms with Gasteiger partial charge in [0.15, 0.2) is 0 Å². The monoisotopic (exact) mass is 292 g/mol. The number of benzene rings is 1. The summed E-state index contributed by atoms with van der Waals surface area (Å²) in [6.07, 6.45) is 3.88. The highest BCUT2D eigenvalue weighted by Crippen LogP contribution is 2.24. The summed E-state index contributed by atoms with van der Waals surface area (Å²) in [5.74, 6) is 0.229. The minimum Gasteiger partial charge on any atom is -0.389 e. The molecule has 0 aliphatic heterocycles. The van der Waals surface area contributed by atoms with E-state index in [2.05, 4.69) is 13.8 Å². The number of carbonyl (C=O) groups excluding carboxylic acids is 1. The van der Waals surface area contributed by atoms with Crippen molar-refractivity contribution in [1.29, 1.82) is 0 Å². The zero-order chi connectivity index (χ0) is 15.1. The van der Waals surface area contributed by atoms with Crippen molar-refractivity contribution < 1.29 is 4.79 Å². The Kier molecular flexibility index (Phi) is 6.65. The molecule has 4 heteroatoms. The molecule has 0 aromatic heterocycles. The summed E-state index contributed by atoms with van der Waals surface area (Å²) in [5.41, 5.74) is 7.29. The highest BCUT2D eigenvalue weighted by atomic mass is 32.1. The van der Waals surface area contributed by atoms with Gasteiger partial charge in [-0.15, -0.1) is 0 Å². The van der Waals surface area contributed by atoms with Crippen molar-refractivity contribution >= 4 is 28.8 Å². The van der Waals surface area contributed by atoms with E-state index in [1.54, 1.807) is 11.9 Å². The normalized spacial score (nSPS) is 10.6. The molecule has 0 bridgehead atoms. The smallest absolute Gasteiger partial charge is 0.229 e. The lowest BCUT2D eigenvalue weighted by Crippen LogP contribution is -2.34. The van der Waals surface area contributed by atoms with E-state index in [1.165, 1.54) is 0 Å². The van der Waals surface area contributed by atoms with Gasteiger partial charge in [0, 0.05) is 18.5 Å². The first-order chi connectivity index (χ1) is 9.52. The van der Waals surface area contributed by atoms with Gasteiger partial charge in [-0.05, 0) is 25.0 Å². The minimum atomic E-state index is 0.0782. The average Bonchev–Trinajstić information content (AvgIpc) is 2.45. The van der Waals surface area contributed by atoms with Crippen LogP contribution in [0.4, 0.5) is 5.69 Å². The molecule has 1 rings (SSSR count). The average molecular weight is 292 g/mol. The highest BCUT2D eigenvalue weighted by molar-refractivity contribution is 7.80. The summed E-state index contributed by atoms with van der Waals surface area (Å²) in [7, 11) is 1.80. The maximum atomic E-state index is 12.6.